The van der Waals surface area contributed by atoms with Crippen LogP contribution in [0.5, 0.6) is 5.75 Å². The number of rotatable bonds is 8. The predicted octanol–water partition coefficient (Wildman–Crippen LogP) is 1.73. The molecule has 1 aliphatic heterocycles. The maximum Gasteiger partial charge on any atom is 0.234 e. The Balaban J connectivity index is 1.62. The van der Waals surface area contributed by atoms with Crippen LogP contribution in [-0.4, -0.2) is 76.4 Å². The maximum absolute atomic E-state index is 11.9. The Morgan fingerprint density at radius 3 is 2.59 bits per heavy atom. The number of hydrogen-bond donors (Lipinski definition) is 1. The second kappa shape index (κ2) is 10.00. The largest absolute Gasteiger partial charge is 0.496 e. The van der Waals surface area contributed by atoms with E-state index in [9.17, 15) is 4.79 Å². The molecule has 0 atom stereocenters. The van der Waals surface area contributed by atoms with Crippen molar-refractivity contribution in [2.75, 3.05) is 46.4 Å². The molecule has 0 radical (unpaired) electrons. The molecule has 3 rings (SSSR count). The van der Waals surface area contributed by atoms with Gasteiger partial charge in [0.05, 0.1) is 25.9 Å². The number of methoxy groups -OCH3 is 1. The summed E-state index contributed by atoms with van der Waals surface area (Å²) >= 11 is 5.62. The van der Waals surface area contributed by atoms with Gasteiger partial charge in [0, 0.05) is 39.8 Å². The van der Waals surface area contributed by atoms with Crippen molar-refractivity contribution in [3.63, 3.8) is 0 Å². The van der Waals surface area contributed by atoms with Crippen LogP contribution in [0, 0.1) is 4.77 Å². The summed E-state index contributed by atoms with van der Waals surface area (Å²) in [7, 11) is 3.59. The molecule has 0 aliphatic carbocycles. The average Bonchev–Trinajstić information content (AvgIpc) is 3.02. The topological polar surface area (TPSA) is 67.6 Å². The zero-order valence-corrected chi connectivity index (χ0v) is 18.2. The van der Waals surface area contributed by atoms with Gasteiger partial charge < -0.3 is 14.6 Å². The number of nitrogens with zero attached hydrogens (tertiary/aromatic N) is 5. The Morgan fingerprint density at radius 2 is 1.90 bits per heavy atom. The van der Waals surface area contributed by atoms with Crippen molar-refractivity contribution in [1.82, 2.24) is 29.5 Å². The lowest BCUT2D eigenvalue weighted by atomic mass is 10.2. The van der Waals surface area contributed by atoms with E-state index in [2.05, 4.69) is 22.0 Å². The molecule has 1 fully saturated rings. The number of piperazine rings is 1. The van der Waals surface area contributed by atoms with Crippen molar-refractivity contribution in [2.24, 2.45) is 7.05 Å². The molecule has 1 aromatic heterocycles. The van der Waals surface area contributed by atoms with E-state index >= 15 is 0 Å². The van der Waals surface area contributed by atoms with Crippen molar-refractivity contribution in [3.8, 4) is 17.1 Å². The number of aromatic nitrogens is 3. The quantitative estimate of drug-likeness (QED) is 0.659. The number of benzene rings is 1. The molecular weight excluding hydrogens is 388 g/mol. The van der Waals surface area contributed by atoms with E-state index in [0.717, 1.165) is 56.3 Å². The lowest BCUT2D eigenvalue weighted by molar-refractivity contribution is -0.122. The molecule has 1 N–H and O–H groups in total. The summed E-state index contributed by atoms with van der Waals surface area (Å²) in [4.78, 5) is 16.4. The van der Waals surface area contributed by atoms with Gasteiger partial charge in [-0.2, -0.15) is 5.10 Å². The van der Waals surface area contributed by atoms with Crippen molar-refractivity contribution in [2.45, 2.75) is 20.0 Å². The van der Waals surface area contributed by atoms with E-state index in [1.807, 2.05) is 40.6 Å². The minimum atomic E-state index is 0.105. The van der Waals surface area contributed by atoms with E-state index in [4.69, 9.17) is 22.1 Å². The van der Waals surface area contributed by atoms with Gasteiger partial charge in [0.1, 0.15) is 5.75 Å². The van der Waals surface area contributed by atoms with Crippen molar-refractivity contribution >= 4 is 18.1 Å². The van der Waals surface area contributed by atoms with Gasteiger partial charge in [-0.3, -0.25) is 14.6 Å². The van der Waals surface area contributed by atoms with Gasteiger partial charge in [0.25, 0.3) is 0 Å². The maximum atomic E-state index is 11.9. The summed E-state index contributed by atoms with van der Waals surface area (Å²) in [5.41, 5.74) is 0.922. The van der Waals surface area contributed by atoms with Crippen LogP contribution in [0.3, 0.4) is 0 Å². The Kier molecular flexibility index (Phi) is 7.40. The minimum absolute atomic E-state index is 0.105. The molecule has 29 heavy (non-hydrogen) atoms. The van der Waals surface area contributed by atoms with E-state index < -0.39 is 0 Å². The van der Waals surface area contributed by atoms with Gasteiger partial charge in [-0.05, 0) is 30.8 Å². The average molecular weight is 419 g/mol. The molecule has 0 spiro atoms. The molecule has 2 aromatic rings. The molecule has 0 bridgehead atoms. The lowest BCUT2D eigenvalue weighted by Crippen LogP contribution is -2.49. The molecular formula is C20H30N6O2S. The van der Waals surface area contributed by atoms with Gasteiger partial charge in [0.2, 0.25) is 5.91 Å². The molecule has 9 heteroatoms. The van der Waals surface area contributed by atoms with Gasteiger partial charge in [-0.1, -0.05) is 19.1 Å². The summed E-state index contributed by atoms with van der Waals surface area (Å²) in [6, 6.07) is 7.82. The highest BCUT2D eigenvalue weighted by Gasteiger charge is 2.21. The van der Waals surface area contributed by atoms with E-state index in [-0.39, 0.29) is 5.91 Å². The van der Waals surface area contributed by atoms with Gasteiger partial charge >= 0.3 is 0 Å². The molecule has 1 saturated heterocycles. The van der Waals surface area contributed by atoms with Crippen LogP contribution in [0.4, 0.5) is 0 Å². The van der Waals surface area contributed by atoms with Crippen LogP contribution in [0.1, 0.15) is 13.3 Å². The second-order valence-corrected chi connectivity index (χ2v) is 7.62. The number of carbonyl (C=O) groups excluding carboxylic acids is 1. The van der Waals surface area contributed by atoms with Crippen molar-refractivity contribution in [3.05, 3.63) is 29.0 Å². The Morgan fingerprint density at radius 1 is 1.21 bits per heavy atom. The molecule has 0 saturated carbocycles. The van der Waals surface area contributed by atoms with Gasteiger partial charge in [-0.25, -0.2) is 4.68 Å². The Labute approximate surface area is 177 Å². The summed E-state index contributed by atoms with van der Waals surface area (Å²) in [5, 5.41) is 7.70. The number of amides is 1. The molecule has 1 aromatic carbocycles. The van der Waals surface area contributed by atoms with Crippen LogP contribution in [0.25, 0.3) is 11.4 Å². The van der Waals surface area contributed by atoms with E-state index in [1.165, 1.54) is 0 Å². The fourth-order valence-electron chi connectivity index (χ4n) is 3.45. The highest BCUT2D eigenvalue weighted by atomic mass is 32.1. The van der Waals surface area contributed by atoms with Crippen molar-refractivity contribution in [1.29, 1.82) is 0 Å². The molecule has 1 amide bonds. The first-order valence-electron chi connectivity index (χ1n) is 10.0. The van der Waals surface area contributed by atoms with Crippen molar-refractivity contribution < 1.29 is 9.53 Å². The van der Waals surface area contributed by atoms with Crippen LogP contribution in [0.15, 0.2) is 24.3 Å². The normalized spacial score (nSPS) is 15.4. The first-order valence-corrected chi connectivity index (χ1v) is 10.4. The van der Waals surface area contributed by atoms with E-state index in [1.54, 1.807) is 7.11 Å². The van der Waals surface area contributed by atoms with Crippen LogP contribution < -0.4 is 10.1 Å². The number of nitrogens with one attached hydrogen (secondary N) is 1. The van der Waals surface area contributed by atoms with Crippen LogP contribution in [0.2, 0.25) is 0 Å². The minimum Gasteiger partial charge on any atom is -0.496 e. The third kappa shape index (κ3) is 5.23. The summed E-state index contributed by atoms with van der Waals surface area (Å²) in [5.74, 6) is 1.67. The third-order valence-corrected chi connectivity index (χ3v) is 5.61. The summed E-state index contributed by atoms with van der Waals surface area (Å²) < 4.78 is 9.93. The lowest BCUT2D eigenvalue weighted by Gasteiger charge is -2.33. The number of ether oxygens (including phenoxy) is 1. The summed E-state index contributed by atoms with van der Waals surface area (Å²) in [6.45, 7) is 7.38. The number of carbonyl (C=O) groups is 1. The first kappa shape index (κ1) is 21.5. The van der Waals surface area contributed by atoms with Crippen LogP contribution in [-0.2, 0) is 18.5 Å². The molecule has 0 unspecified atom stereocenters. The van der Waals surface area contributed by atoms with Crippen LogP contribution >= 0.6 is 12.2 Å². The molecule has 158 valence electrons. The molecule has 1 aliphatic rings. The van der Waals surface area contributed by atoms with E-state index in [0.29, 0.717) is 18.0 Å². The Hall–Kier alpha value is -2.23. The zero-order valence-electron chi connectivity index (χ0n) is 17.4. The van der Waals surface area contributed by atoms with Gasteiger partial charge in [0.15, 0.2) is 10.6 Å². The Bertz CT molecular complexity index is 885. The number of para-hydroxylation sites is 1. The fourth-order valence-corrected chi connectivity index (χ4v) is 3.63. The summed E-state index contributed by atoms with van der Waals surface area (Å²) in [6.07, 6.45) is 0.959. The highest BCUT2D eigenvalue weighted by molar-refractivity contribution is 7.71. The highest BCUT2D eigenvalue weighted by Crippen LogP contribution is 2.28. The fraction of sp³-hybridized carbons (Fsp3) is 0.550. The predicted molar refractivity (Wildman–Crippen MR) is 115 cm³/mol. The monoisotopic (exact) mass is 418 g/mol. The zero-order chi connectivity index (χ0) is 20.8. The SMILES string of the molecule is CCCNC(=O)CN1CCN(Cn2nc(-c3ccccc3OC)n(C)c2=S)CC1. The third-order valence-electron chi connectivity index (χ3n) is 5.13. The standard InChI is InChI=1S/C20H30N6O2S/c1-4-9-21-18(27)14-24-10-12-25(13-11-24)15-26-20(29)23(2)19(22-26)16-7-5-6-8-17(16)28-3/h5-8H,4,9-15H2,1-3H3,(H,21,27). The molecule has 2 heterocycles. The molecule has 8 nitrogen and oxygen atoms in total. The number of hydrogen-bond acceptors (Lipinski definition) is 6. The first-order chi connectivity index (χ1) is 14.0. The smallest absolute Gasteiger partial charge is 0.234 e. The second-order valence-electron chi connectivity index (χ2n) is 7.25. The van der Waals surface area contributed by atoms with Gasteiger partial charge in [-0.15, -0.1) is 0 Å².